The van der Waals surface area contributed by atoms with Crippen molar-refractivity contribution in [1.29, 1.82) is 0 Å². The second-order valence-corrected chi connectivity index (χ2v) is 8.04. The van der Waals surface area contributed by atoms with Crippen molar-refractivity contribution in [3.8, 4) is 27.6 Å². The van der Waals surface area contributed by atoms with Crippen molar-refractivity contribution in [3.63, 3.8) is 0 Å². The van der Waals surface area contributed by atoms with Crippen molar-refractivity contribution in [2.45, 2.75) is 39.0 Å². The number of phenolic OH excluding ortho intramolecular Hbond substituents is 1. The number of benzene rings is 2. The van der Waals surface area contributed by atoms with E-state index < -0.39 is 5.63 Å². The minimum atomic E-state index is -0.443. The molecule has 0 saturated heterocycles. The van der Waals surface area contributed by atoms with Gasteiger partial charge in [-0.2, -0.15) is 0 Å². The molecule has 0 aliphatic carbocycles. The number of hydrogen-bond donors (Lipinski definition) is 1. The Hall–Kier alpha value is -2.92. The van der Waals surface area contributed by atoms with Gasteiger partial charge in [-0.05, 0) is 30.5 Å². The zero-order chi connectivity index (χ0) is 20.2. The lowest BCUT2D eigenvalue weighted by molar-refractivity contribution is 0.464. The molecule has 4 nitrogen and oxygen atoms in total. The van der Waals surface area contributed by atoms with Gasteiger partial charge in [0.1, 0.15) is 16.3 Å². The summed E-state index contributed by atoms with van der Waals surface area (Å²) in [5.74, 6) is 0.186. The first-order valence-electron chi connectivity index (χ1n) is 9.97. The number of unbranched alkanes of at least 4 members (excludes halogenated alkanes) is 3. The Labute approximate surface area is 173 Å². The molecule has 5 heteroatoms. The Kier molecular flexibility index (Phi) is 5.76. The van der Waals surface area contributed by atoms with Crippen molar-refractivity contribution in [2.75, 3.05) is 0 Å². The Balaban J connectivity index is 1.68. The number of hydrogen-bond acceptors (Lipinski definition) is 5. The molecule has 4 aromatic rings. The highest BCUT2D eigenvalue weighted by atomic mass is 32.1. The fraction of sp³-hybridized carbons (Fsp3) is 0.250. The predicted molar refractivity (Wildman–Crippen MR) is 119 cm³/mol. The van der Waals surface area contributed by atoms with Crippen molar-refractivity contribution in [1.82, 2.24) is 4.98 Å². The van der Waals surface area contributed by atoms with Gasteiger partial charge in [-0.15, -0.1) is 11.3 Å². The standard InChI is InChI=1S/C24H23NO3S/c1-2-3-4-6-11-17-12-18-13-19(24(27)28-22(18)14-21(17)26)23-25-20(15-29-23)16-9-7-5-8-10-16/h5,7-10,12-15,26H,2-4,6,11H2,1H3. The predicted octanol–water partition coefficient (Wildman–Crippen LogP) is 6.41. The highest BCUT2D eigenvalue weighted by Crippen LogP contribution is 2.31. The summed E-state index contributed by atoms with van der Waals surface area (Å²) in [6.07, 6.45) is 5.36. The summed E-state index contributed by atoms with van der Waals surface area (Å²) in [6, 6.07) is 15.2. The summed E-state index contributed by atoms with van der Waals surface area (Å²) < 4.78 is 5.49. The van der Waals surface area contributed by atoms with Crippen LogP contribution in [0.25, 0.3) is 32.8 Å². The van der Waals surface area contributed by atoms with Crippen molar-refractivity contribution in [3.05, 3.63) is 69.9 Å². The number of rotatable bonds is 7. The first kappa shape index (κ1) is 19.4. The van der Waals surface area contributed by atoms with Crippen LogP contribution < -0.4 is 5.63 Å². The minimum absolute atomic E-state index is 0.186. The molecule has 0 radical (unpaired) electrons. The molecule has 2 heterocycles. The van der Waals surface area contributed by atoms with Crippen LogP contribution in [0.4, 0.5) is 0 Å². The van der Waals surface area contributed by atoms with Crippen LogP contribution in [0.1, 0.15) is 38.2 Å². The van der Waals surface area contributed by atoms with Crippen LogP contribution in [0.3, 0.4) is 0 Å². The number of phenols is 1. The van der Waals surface area contributed by atoms with E-state index in [1.807, 2.05) is 47.8 Å². The molecule has 29 heavy (non-hydrogen) atoms. The molecule has 2 aromatic carbocycles. The van der Waals surface area contributed by atoms with Gasteiger partial charge in [0.15, 0.2) is 0 Å². The number of aryl methyl sites for hydroxylation is 1. The fourth-order valence-electron chi connectivity index (χ4n) is 3.43. The monoisotopic (exact) mass is 405 g/mol. The summed E-state index contributed by atoms with van der Waals surface area (Å²) in [4.78, 5) is 17.2. The highest BCUT2D eigenvalue weighted by Gasteiger charge is 2.14. The molecule has 0 aliphatic heterocycles. The number of thiazole rings is 1. The minimum Gasteiger partial charge on any atom is -0.508 e. The van der Waals surface area contributed by atoms with Gasteiger partial charge in [0, 0.05) is 22.4 Å². The zero-order valence-corrected chi connectivity index (χ0v) is 17.2. The van der Waals surface area contributed by atoms with E-state index in [4.69, 9.17) is 4.42 Å². The maximum atomic E-state index is 12.5. The molecule has 0 saturated carbocycles. The summed E-state index contributed by atoms with van der Waals surface area (Å²) in [5, 5.41) is 13.7. The summed E-state index contributed by atoms with van der Waals surface area (Å²) in [5.41, 5.74) is 3.15. The van der Waals surface area contributed by atoms with Crippen molar-refractivity contribution in [2.24, 2.45) is 0 Å². The van der Waals surface area contributed by atoms with Crippen LogP contribution in [0.15, 0.2) is 63.1 Å². The van der Waals surface area contributed by atoms with E-state index in [0.717, 1.165) is 41.5 Å². The lowest BCUT2D eigenvalue weighted by atomic mass is 10.0. The topological polar surface area (TPSA) is 63.3 Å². The zero-order valence-electron chi connectivity index (χ0n) is 16.4. The van der Waals surface area contributed by atoms with Crippen LogP contribution in [-0.2, 0) is 6.42 Å². The van der Waals surface area contributed by atoms with E-state index in [-0.39, 0.29) is 5.75 Å². The lowest BCUT2D eigenvalue weighted by Crippen LogP contribution is -2.02. The van der Waals surface area contributed by atoms with Gasteiger partial charge in [-0.25, -0.2) is 9.78 Å². The summed E-state index contributed by atoms with van der Waals surface area (Å²) in [6.45, 7) is 2.18. The van der Waals surface area contributed by atoms with Crippen LogP contribution in [-0.4, -0.2) is 10.1 Å². The molecule has 1 N–H and O–H groups in total. The van der Waals surface area contributed by atoms with E-state index in [1.54, 1.807) is 6.07 Å². The molecular weight excluding hydrogens is 382 g/mol. The lowest BCUT2D eigenvalue weighted by Gasteiger charge is -2.07. The van der Waals surface area contributed by atoms with Gasteiger partial charge >= 0.3 is 5.63 Å². The average molecular weight is 406 g/mol. The molecule has 0 unspecified atom stereocenters. The number of aromatic nitrogens is 1. The van der Waals surface area contributed by atoms with Crippen LogP contribution in [0, 0.1) is 0 Å². The second kappa shape index (κ2) is 8.62. The van der Waals surface area contributed by atoms with E-state index in [1.165, 1.54) is 24.2 Å². The number of aromatic hydroxyl groups is 1. The molecule has 0 atom stereocenters. The molecule has 4 rings (SSSR count). The third-order valence-corrected chi connectivity index (χ3v) is 5.91. The second-order valence-electron chi connectivity index (χ2n) is 7.18. The molecular formula is C24H23NO3S. The van der Waals surface area contributed by atoms with Crippen LogP contribution >= 0.6 is 11.3 Å². The Morgan fingerprint density at radius 1 is 1.07 bits per heavy atom. The maximum absolute atomic E-state index is 12.5. The van der Waals surface area contributed by atoms with Crippen LogP contribution in [0.5, 0.6) is 5.75 Å². The van der Waals surface area contributed by atoms with Crippen molar-refractivity contribution >= 4 is 22.3 Å². The largest absolute Gasteiger partial charge is 0.508 e. The molecule has 0 amide bonds. The van der Waals surface area contributed by atoms with E-state index in [0.29, 0.717) is 16.2 Å². The molecule has 2 aromatic heterocycles. The van der Waals surface area contributed by atoms with Gasteiger partial charge in [0.05, 0.1) is 11.3 Å². The van der Waals surface area contributed by atoms with Gasteiger partial charge < -0.3 is 9.52 Å². The van der Waals surface area contributed by atoms with E-state index in [2.05, 4.69) is 11.9 Å². The first-order valence-corrected chi connectivity index (χ1v) is 10.8. The van der Waals surface area contributed by atoms with Gasteiger partial charge in [-0.1, -0.05) is 56.5 Å². The van der Waals surface area contributed by atoms with Crippen molar-refractivity contribution < 1.29 is 9.52 Å². The molecule has 0 spiro atoms. The smallest absolute Gasteiger partial charge is 0.346 e. The average Bonchev–Trinajstić information content (AvgIpc) is 3.22. The normalized spacial score (nSPS) is 11.2. The summed E-state index contributed by atoms with van der Waals surface area (Å²) >= 11 is 1.43. The van der Waals surface area contributed by atoms with E-state index >= 15 is 0 Å². The van der Waals surface area contributed by atoms with Gasteiger partial charge in [0.25, 0.3) is 0 Å². The van der Waals surface area contributed by atoms with Gasteiger partial charge in [-0.3, -0.25) is 0 Å². The SMILES string of the molecule is CCCCCCc1cc2cc(-c3nc(-c4ccccc4)cs3)c(=O)oc2cc1O. The Bertz CT molecular complexity index is 1180. The molecule has 0 aliphatic rings. The first-order chi connectivity index (χ1) is 14.2. The highest BCUT2D eigenvalue weighted by molar-refractivity contribution is 7.13. The number of nitrogens with zero attached hydrogens (tertiary/aromatic N) is 1. The van der Waals surface area contributed by atoms with Crippen LogP contribution in [0.2, 0.25) is 0 Å². The summed E-state index contributed by atoms with van der Waals surface area (Å²) in [7, 11) is 0. The maximum Gasteiger partial charge on any atom is 0.346 e. The van der Waals surface area contributed by atoms with E-state index in [9.17, 15) is 9.90 Å². The third kappa shape index (κ3) is 4.25. The molecule has 148 valence electrons. The molecule has 0 fully saturated rings. The Morgan fingerprint density at radius 3 is 2.69 bits per heavy atom. The number of fused-ring (bicyclic) bond motifs is 1. The quantitative estimate of drug-likeness (QED) is 0.285. The van der Waals surface area contributed by atoms with Gasteiger partial charge in [0.2, 0.25) is 0 Å². The third-order valence-electron chi connectivity index (χ3n) is 5.04. The fourth-order valence-corrected chi connectivity index (χ4v) is 4.27. The molecule has 0 bridgehead atoms. The Morgan fingerprint density at radius 2 is 1.90 bits per heavy atom.